The smallest absolute Gasteiger partial charge is 0.255 e. The minimum atomic E-state index is -0.554. The van der Waals surface area contributed by atoms with E-state index in [4.69, 9.17) is 5.73 Å². The average molecular weight is 396 g/mol. The molecule has 7 nitrogen and oxygen atoms in total. The highest BCUT2D eigenvalue weighted by Crippen LogP contribution is 2.38. The van der Waals surface area contributed by atoms with E-state index >= 15 is 0 Å². The van der Waals surface area contributed by atoms with Gasteiger partial charge in [0, 0.05) is 37.7 Å². The van der Waals surface area contributed by atoms with Crippen molar-refractivity contribution in [1.29, 1.82) is 0 Å². The van der Waals surface area contributed by atoms with E-state index in [0.29, 0.717) is 24.6 Å². The minimum Gasteiger partial charge on any atom is -0.328 e. The van der Waals surface area contributed by atoms with E-state index in [1.165, 1.54) is 18.4 Å². The maximum Gasteiger partial charge on any atom is 0.255 e. The SMILES string of the molecule is NC1C[C@@H]2CCN(Cc3ccc4c(c3)CN(C3CCC(=O)NC3=O)C4=O)C[C@@H]2C1. The van der Waals surface area contributed by atoms with Crippen LogP contribution in [0.2, 0.25) is 0 Å². The van der Waals surface area contributed by atoms with Gasteiger partial charge >= 0.3 is 0 Å². The molecule has 1 aromatic rings. The summed E-state index contributed by atoms with van der Waals surface area (Å²) in [5, 5.41) is 2.35. The van der Waals surface area contributed by atoms with Crippen LogP contribution in [0.25, 0.3) is 0 Å². The molecule has 1 saturated carbocycles. The number of amides is 3. The summed E-state index contributed by atoms with van der Waals surface area (Å²) >= 11 is 0. The third-order valence-electron chi connectivity index (χ3n) is 7.18. The summed E-state index contributed by atoms with van der Waals surface area (Å²) in [6.07, 6.45) is 4.22. The molecule has 1 aromatic carbocycles. The topological polar surface area (TPSA) is 95.7 Å². The van der Waals surface area contributed by atoms with Crippen LogP contribution in [-0.4, -0.2) is 52.7 Å². The Morgan fingerprint density at radius 2 is 1.93 bits per heavy atom. The van der Waals surface area contributed by atoms with E-state index in [1.54, 1.807) is 4.90 Å². The fraction of sp³-hybridized carbons (Fsp3) is 0.591. The molecular formula is C22H28N4O3. The van der Waals surface area contributed by atoms with Crippen molar-refractivity contribution in [2.24, 2.45) is 17.6 Å². The number of hydrogen-bond acceptors (Lipinski definition) is 5. The summed E-state index contributed by atoms with van der Waals surface area (Å²) in [6, 6.07) is 5.87. The Balaban J connectivity index is 1.26. The van der Waals surface area contributed by atoms with Gasteiger partial charge in [-0.05, 0) is 61.3 Å². The first kappa shape index (κ1) is 18.8. The van der Waals surface area contributed by atoms with Crippen molar-refractivity contribution in [3.05, 3.63) is 34.9 Å². The Morgan fingerprint density at radius 3 is 2.76 bits per heavy atom. The van der Waals surface area contributed by atoms with Crippen molar-refractivity contribution in [2.75, 3.05) is 13.1 Å². The van der Waals surface area contributed by atoms with Gasteiger partial charge in [0.2, 0.25) is 11.8 Å². The molecule has 3 amide bonds. The summed E-state index contributed by atoms with van der Waals surface area (Å²) in [5.41, 5.74) is 9.03. The molecule has 0 bridgehead atoms. The molecule has 2 unspecified atom stereocenters. The fourth-order valence-corrected chi connectivity index (χ4v) is 5.74. The number of benzene rings is 1. The van der Waals surface area contributed by atoms with Gasteiger partial charge in [-0.3, -0.25) is 24.6 Å². The molecule has 7 heteroatoms. The lowest BCUT2D eigenvalue weighted by Gasteiger charge is -2.35. The van der Waals surface area contributed by atoms with Gasteiger partial charge in [-0.25, -0.2) is 0 Å². The Bertz CT molecular complexity index is 870. The largest absolute Gasteiger partial charge is 0.328 e. The fourth-order valence-electron chi connectivity index (χ4n) is 5.74. The quantitative estimate of drug-likeness (QED) is 0.744. The third kappa shape index (κ3) is 3.46. The molecule has 3 heterocycles. The Hall–Kier alpha value is -2.25. The molecule has 1 aliphatic carbocycles. The van der Waals surface area contributed by atoms with Gasteiger partial charge in [0.25, 0.3) is 5.91 Å². The van der Waals surface area contributed by atoms with Crippen LogP contribution in [0, 0.1) is 11.8 Å². The van der Waals surface area contributed by atoms with Gasteiger partial charge in [-0.1, -0.05) is 12.1 Å². The zero-order valence-electron chi connectivity index (χ0n) is 16.6. The average Bonchev–Trinajstić information content (AvgIpc) is 3.20. The highest BCUT2D eigenvalue weighted by Gasteiger charge is 2.39. The van der Waals surface area contributed by atoms with Crippen molar-refractivity contribution in [3.8, 4) is 0 Å². The van der Waals surface area contributed by atoms with Gasteiger partial charge in [0.05, 0.1) is 0 Å². The summed E-state index contributed by atoms with van der Waals surface area (Å²) < 4.78 is 0. The van der Waals surface area contributed by atoms with Crippen molar-refractivity contribution in [1.82, 2.24) is 15.1 Å². The van der Waals surface area contributed by atoms with Crippen LogP contribution < -0.4 is 11.1 Å². The molecule has 0 radical (unpaired) electrons. The number of carbonyl (C=O) groups excluding carboxylic acids is 3. The number of nitrogens with two attached hydrogens (primary N) is 1. The Labute approximate surface area is 170 Å². The molecular weight excluding hydrogens is 368 g/mol. The van der Waals surface area contributed by atoms with E-state index in [2.05, 4.69) is 16.3 Å². The summed E-state index contributed by atoms with van der Waals surface area (Å²) in [6.45, 7) is 3.54. The van der Waals surface area contributed by atoms with Crippen molar-refractivity contribution >= 4 is 17.7 Å². The standard InChI is InChI=1S/C22H28N4O3/c23-17-8-14-5-6-25(11-15(14)9-17)10-13-1-2-18-16(7-13)12-26(22(18)29)19-3-4-20(27)24-21(19)28/h1-2,7,14-15,17,19H,3-6,8-12,23H2,(H,24,27,28)/t14-,15-,17?,19?/m0/s1. The molecule has 154 valence electrons. The molecule has 5 rings (SSSR count). The molecule has 29 heavy (non-hydrogen) atoms. The lowest BCUT2D eigenvalue weighted by atomic mass is 9.88. The first-order valence-corrected chi connectivity index (χ1v) is 10.7. The Morgan fingerprint density at radius 1 is 1.10 bits per heavy atom. The molecule has 4 aliphatic rings. The molecule has 4 atom stereocenters. The van der Waals surface area contributed by atoms with Crippen molar-refractivity contribution in [3.63, 3.8) is 0 Å². The summed E-state index contributed by atoms with van der Waals surface area (Å²) in [5.74, 6) is 0.783. The minimum absolute atomic E-state index is 0.109. The summed E-state index contributed by atoms with van der Waals surface area (Å²) in [4.78, 5) is 40.5. The van der Waals surface area contributed by atoms with Gasteiger partial charge in [-0.2, -0.15) is 0 Å². The molecule has 3 aliphatic heterocycles. The van der Waals surface area contributed by atoms with Crippen LogP contribution in [-0.2, 0) is 22.7 Å². The predicted octanol–water partition coefficient (Wildman–Crippen LogP) is 1.01. The van der Waals surface area contributed by atoms with E-state index in [-0.39, 0.29) is 24.1 Å². The van der Waals surface area contributed by atoms with Crippen LogP contribution in [0.1, 0.15) is 53.6 Å². The van der Waals surface area contributed by atoms with Gasteiger partial charge in [0.15, 0.2) is 0 Å². The van der Waals surface area contributed by atoms with Crippen LogP contribution in [0.5, 0.6) is 0 Å². The number of piperidine rings is 2. The second-order valence-corrected chi connectivity index (χ2v) is 9.17. The van der Waals surface area contributed by atoms with E-state index in [9.17, 15) is 14.4 Å². The number of likely N-dealkylation sites (tertiary alicyclic amines) is 1. The van der Waals surface area contributed by atoms with E-state index in [0.717, 1.165) is 43.5 Å². The maximum atomic E-state index is 12.8. The van der Waals surface area contributed by atoms with Crippen LogP contribution in [0.4, 0.5) is 0 Å². The molecule has 3 N–H and O–H groups in total. The maximum absolute atomic E-state index is 12.8. The van der Waals surface area contributed by atoms with E-state index < -0.39 is 6.04 Å². The van der Waals surface area contributed by atoms with Gasteiger partial charge in [-0.15, -0.1) is 0 Å². The predicted molar refractivity (Wildman–Crippen MR) is 107 cm³/mol. The number of nitrogens with zero attached hydrogens (tertiary/aromatic N) is 2. The lowest BCUT2D eigenvalue weighted by molar-refractivity contribution is -0.136. The Kier molecular flexibility index (Phi) is 4.67. The lowest BCUT2D eigenvalue weighted by Crippen LogP contribution is -2.52. The number of imide groups is 1. The first-order chi connectivity index (χ1) is 14.0. The molecule has 3 fully saturated rings. The van der Waals surface area contributed by atoms with E-state index in [1.807, 2.05) is 12.1 Å². The second kappa shape index (κ2) is 7.22. The highest BCUT2D eigenvalue weighted by atomic mass is 16.2. The van der Waals surface area contributed by atoms with Crippen LogP contribution in [0.15, 0.2) is 18.2 Å². The molecule has 2 saturated heterocycles. The normalized spacial score (nSPS) is 32.3. The second-order valence-electron chi connectivity index (χ2n) is 9.17. The van der Waals surface area contributed by atoms with Gasteiger partial charge < -0.3 is 10.6 Å². The zero-order valence-corrected chi connectivity index (χ0v) is 16.6. The zero-order chi connectivity index (χ0) is 20.1. The van der Waals surface area contributed by atoms with Crippen molar-refractivity contribution < 1.29 is 14.4 Å². The van der Waals surface area contributed by atoms with Crippen molar-refractivity contribution in [2.45, 2.75) is 57.3 Å². The van der Waals surface area contributed by atoms with Crippen LogP contribution in [0.3, 0.4) is 0 Å². The van der Waals surface area contributed by atoms with Gasteiger partial charge in [0.1, 0.15) is 6.04 Å². The van der Waals surface area contributed by atoms with Crippen LogP contribution >= 0.6 is 0 Å². The third-order valence-corrected chi connectivity index (χ3v) is 7.18. The highest BCUT2D eigenvalue weighted by molar-refractivity contribution is 6.05. The monoisotopic (exact) mass is 396 g/mol. The number of nitrogens with one attached hydrogen (secondary N) is 1. The summed E-state index contributed by atoms with van der Waals surface area (Å²) in [7, 11) is 0. The molecule has 0 spiro atoms. The number of carbonyl (C=O) groups is 3. The number of hydrogen-bond donors (Lipinski definition) is 2. The number of rotatable bonds is 3. The molecule has 0 aromatic heterocycles. The number of fused-ring (bicyclic) bond motifs is 2. The first-order valence-electron chi connectivity index (χ1n) is 10.7.